The molecule has 0 bridgehead atoms. The molecule has 1 amide bonds. The molecule has 29 heavy (non-hydrogen) atoms. The number of hydrogen-bond acceptors (Lipinski definition) is 4. The van der Waals surface area contributed by atoms with Crippen molar-refractivity contribution < 1.29 is 14.7 Å². The lowest BCUT2D eigenvalue weighted by Crippen LogP contribution is -2.30. The van der Waals surface area contributed by atoms with Crippen molar-refractivity contribution in [2.24, 2.45) is 0 Å². The van der Waals surface area contributed by atoms with Gasteiger partial charge in [-0.3, -0.25) is 14.5 Å². The molecule has 1 fully saturated rings. The summed E-state index contributed by atoms with van der Waals surface area (Å²) < 4.78 is 0. The highest BCUT2D eigenvalue weighted by Gasteiger charge is 2.47. The van der Waals surface area contributed by atoms with Gasteiger partial charge < -0.3 is 5.11 Å². The Kier molecular flexibility index (Phi) is 5.09. The topological polar surface area (TPSA) is 70.5 Å². The summed E-state index contributed by atoms with van der Waals surface area (Å²) in [6.07, 6.45) is 1.53. The average molecular weight is 425 g/mol. The monoisotopic (exact) mass is 424 g/mol. The number of aliphatic hydroxyl groups is 1. The molecule has 7 heteroatoms. The van der Waals surface area contributed by atoms with Gasteiger partial charge in [-0.15, -0.1) is 0 Å². The Labute approximate surface area is 176 Å². The van der Waals surface area contributed by atoms with Crippen molar-refractivity contribution in [2.75, 3.05) is 4.90 Å². The van der Waals surface area contributed by atoms with Gasteiger partial charge in [-0.25, -0.2) is 4.98 Å². The highest BCUT2D eigenvalue weighted by Crippen LogP contribution is 2.41. The molecule has 2 aromatic carbocycles. The molecule has 0 spiro atoms. The van der Waals surface area contributed by atoms with Crippen LogP contribution in [0.3, 0.4) is 0 Å². The third-order valence-corrected chi connectivity index (χ3v) is 5.15. The standard InChI is InChI=1S/C22H14Cl2N2O3/c23-15-8-4-13(5-9-15)19-18(20(27)14-6-10-16(24)11-7-14)21(28)22(29)26(19)17-3-1-2-12-25-17/h1-12,19,27H/b20-18-. The van der Waals surface area contributed by atoms with Crippen molar-refractivity contribution >= 4 is 46.5 Å². The summed E-state index contributed by atoms with van der Waals surface area (Å²) in [7, 11) is 0. The van der Waals surface area contributed by atoms with Gasteiger partial charge in [0, 0.05) is 21.8 Å². The molecule has 1 aliphatic rings. The SMILES string of the molecule is O=C1C(=O)N(c2ccccn2)C(c2ccc(Cl)cc2)/C1=C(/O)c1ccc(Cl)cc1. The molecule has 1 aliphatic heterocycles. The van der Waals surface area contributed by atoms with E-state index in [0.717, 1.165) is 0 Å². The first-order valence-corrected chi connectivity index (χ1v) is 9.46. The van der Waals surface area contributed by atoms with Gasteiger partial charge in [0.2, 0.25) is 0 Å². The summed E-state index contributed by atoms with van der Waals surface area (Å²) in [5, 5.41) is 11.9. The van der Waals surface area contributed by atoms with Crippen LogP contribution in [0.5, 0.6) is 0 Å². The summed E-state index contributed by atoms with van der Waals surface area (Å²) in [4.78, 5) is 31.3. The zero-order chi connectivity index (χ0) is 20.5. The highest BCUT2D eigenvalue weighted by molar-refractivity contribution is 6.51. The fraction of sp³-hybridized carbons (Fsp3) is 0.0455. The van der Waals surface area contributed by atoms with Gasteiger partial charge in [0.05, 0.1) is 11.6 Å². The fourth-order valence-corrected chi connectivity index (χ4v) is 3.54. The first kappa shape index (κ1) is 19.2. The predicted octanol–water partition coefficient (Wildman–Crippen LogP) is 5.01. The van der Waals surface area contributed by atoms with Crippen molar-refractivity contribution in [1.29, 1.82) is 0 Å². The number of nitrogens with zero attached hydrogens (tertiary/aromatic N) is 2. The largest absolute Gasteiger partial charge is 0.507 e. The van der Waals surface area contributed by atoms with Gasteiger partial charge >= 0.3 is 5.91 Å². The number of benzene rings is 2. The van der Waals surface area contributed by atoms with E-state index in [0.29, 0.717) is 27.0 Å². The number of aliphatic hydroxyl groups excluding tert-OH is 1. The molecule has 144 valence electrons. The predicted molar refractivity (Wildman–Crippen MR) is 112 cm³/mol. The first-order chi connectivity index (χ1) is 14.0. The Morgan fingerprint density at radius 3 is 2.10 bits per heavy atom. The van der Waals surface area contributed by atoms with Gasteiger partial charge in [0.25, 0.3) is 5.78 Å². The van der Waals surface area contributed by atoms with E-state index < -0.39 is 17.7 Å². The van der Waals surface area contributed by atoms with E-state index in [9.17, 15) is 14.7 Å². The Balaban J connectivity index is 1.94. The number of Topliss-reactive ketones (excluding diaryl/α,β-unsaturated/α-hetero) is 1. The number of ketones is 1. The molecular weight excluding hydrogens is 411 g/mol. The van der Waals surface area contributed by atoms with Gasteiger partial charge in [-0.1, -0.05) is 41.4 Å². The van der Waals surface area contributed by atoms with E-state index in [-0.39, 0.29) is 11.3 Å². The third kappa shape index (κ3) is 3.50. The minimum Gasteiger partial charge on any atom is -0.507 e. The van der Waals surface area contributed by atoms with Crippen molar-refractivity contribution in [3.05, 3.63) is 99.7 Å². The van der Waals surface area contributed by atoms with Gasteiger partial charge in [0.1, 0.15) is 11.6 Å². The maximum Gasteiger partial charge on any atom is 0.301 e. The number of hydrogen-bond donors (Lipinski definition) is 1. The molecule has 0 aliphatic carbocycles. The van der Waals surface area contributed by atoms with Crippen LogP contribution in [0, 0.1) is 0 Å². The molecule has 1 saturated heterocycles. The molecule has 0 radical (unpaired) electrons. The smallest absolute Gasteiger partial charge is 0.301 e. The summed E-state index contributed by atoms with van der Waals surface area (Å²) in [5.41, 5.74) is 0.979. The molecule has 2 heterocycles. The second-order valence-corrected chi connectivity index (χ2v) is 7.29. The number of aromatic nitrogens is 1. The number of halogens is 2. The number of anilines is 1. The molecule has 1 N–H and O–H groups in total. The van der Waals surface area contributed by atoms with Crippen LogP contribution in [0.15, 0.2) is 78.5 Å². The van der Waals surface area contributed by atoms with Gasteiger partial charge in [-0.2, -0.15) is 0 Å². The molecule has 0 saturated carbocycles. The quantitative estimate of drug-likeness (QED) is 0.364. The summed E-state index contributed by atoms with van der Waals surface area (Å²) in [6, 6.07) is 17.4. The van der Waals surface area contributed by atoms with Gasteiger partial charge in [0.15, 0.2) is 0 Å². The molecule has 4 rings (SSSR count). The Hall–Kier alpha value is -3.15. The molecule has 3 aromatic rings. The lowest BCUT2D eigenvalue weighted by molar-refractivity contribution is -0.132. The molecule has 1 atom stereocenters. The van der Waals surface area contributed by atoms with Crippen LogP contribution in [0.4, 0.5) is 5.82 Å². The maximum atomic E-state index is 12.9. The van der Waals surface area contributed by atoms with Crippen LogP contribution in [0.25, 0.3) is 5.76 Å². The number of pyridine rings is 1. The van der Waals surface area contributed by atoms with Gasteiger partial charge in [-0.05, 0) is 54.1 Å². The summed E-state index contributed by atoms with van der Waals surface area (Å²) in [5.74, 6) is -1.52. The van der Waals surface area contributed by atoms with Crippen LogP contribution < -0.4 is 4.90 Å². The minimum atomic E-state index is -0.849. The maximum absolute atomic E-state index is 12.9. The van der Waals surface area contributed by atoms with E-state index in [2.05, 4.69) is 4.98 Å². The molecule has 1 aromatic heterocycles. The Morgan fingerprint density at radius 1 is 0.897 bits per heavy atom. The van der Waals surface area contributed by atoms with Crippen LogP contribution >= 0.6 is 23.2 Å². The molecule has 1 unspecified atom stereocenters. The van der Waals surface area contributed by atoms with E-state index in [4.69, 9.17) is 23.2 Å². The summed E-state index contributed by atoms with van der Waals surface area (Å²) >= 11 is 11.9. The number of carbonyl (C=O) groups excluding carboxylic acids is 2. The average Bonchev–Trinajstić information content (AvgIpc) is 3.00. The van der Waals surface area contributed by atoms with Crippen LogP contribution in [0.1, 0.15) is 17.2 Å². The normalized spacial score (nSPS) is 18.3. The Morgan fingerprint density at radius 2 is 1.52 bits per heavy atom. The van der Waals surface area contributed by atoms with E-state index in [1.54, 1.807) is 66.7 Å². The lowest BCUT2D eigenvalue weighted by atomic mass is 9.95. The van der Waals surface area contributed by atoms with E-state index in [1.165, 1.54) is 11.1 Å². The zero-order valence-corrected chi connectivity index (χ0v) is 16.4. The highest BCUT2D eigenvalue weighted by atomic mass is 35.5. The lowest BCUT2D eigenvalue weighted by Gasteiger charge is -2.24. The number of amides is 1. The second kappa shape index (κ2) is 7.70. The third-order valence-electron chi connectivity index (χ3n) is 4.64. The van der Waals surface area contributed by atoms with Crippen molar-refractivity contribution in [2.45, 2.75) is 6.04 Å². The van der Waals surface area contributed by atoms with Crippen LogP contribution in [-0.4, -0.2) is 21.8 Å². The number of carbonyl (C=O) groups is 2. The van der Waals surface area contributed by atoms with Crippen LogP contribution in [-0.2, 0) is 9.59 Å². The zero-order valence-electron chi connectivity index (χ0n) is 14.9. The summed E-state index contributed by atoms with van der Waals surface area (Å²) in [6.45, 7) is 0. The number of rotatable bonds is 3. The molecular formula is C22H14Cl2N2O3. The minimum absolute atomic E-state index is 0.0229. The van der Waals surface area contributed by atoms with Crippen molar-refractivity contribution in [3.63, 3.8) is 0 Å². The van der Waals surface area contributed by atoms with Crippen molar-refractivity contribution in [3.8, 4) is 0 Å². The van der Waals surface area contributed by atoms with E-state index >= 15 is 0 Å². The first-order valence-electron chi connectivity index (χ1n) is 8.71. The van der Waals surface area contributed by atoms with Crippen molar-refractivity contribution in [1.82, 2.24) is 4.98 Å². The molecule has 5 nitrogen and oxygen atoms in total. The van der Waals surface area contributed by atoms with Crippen LogP contribution in [0.2, 0.25) is 10.0 Å². The fourth-order valence-electron chi connectivity index (χ4n) is 3.29. The second-order valence-electron chi connectivity index (χ2n) is 6.42. The Bertz CT molecular complexity index is 1110. The van der Waals surface area contributed by atoms with E-state index in [1.807, 2.05) is 0 Å².